The summed E-state index contributed by atoms with van der Waals surface area (Å²) in [6.07, 6.45) is 1.04. The summed E-state index contributed by atoms with van der Waals surface area (Å²) in [5.74, 6) is -1.38. The van der Waals surface area contributed by atoms with Gasteiger partial charge >= 0.3 is 11.9 Å². The predicted molar refractivity (Wildman–Crippen MR) is 115 cm³/mol. The second-order valence-corrected chi connectivity index (χ2v) is 6.98. The molecule has 0 saturated heterocycles. The molecule has 0 unspecified atom stereocenters. The lowest BCUT2D eigenvalue weighted by atomic mass is 10.1. The van der Waals surface area contributed by atoms with Crippen LogP contribution in [0.5, 0.6) is 5.75 Å². The van der Waals surface area contributed by atoms with Gasteiger partial charge in [-0.1, -0.05) is 12.1 Å². The van der Waals surface area contributed by atoms with Crippen LogP contribution in [0.15, 0.2) is 47.4 Å². The Kier molecular flexibility index (Phi) is 8.73. The highest BCUT2D eigenvalue weighted by Gasteiger charge is 2.20. The molecule has 0 saturated carbocycles. The molecule has 2 rings (SSSR count). The van der Waals surface area contributed by atoms with Gasteiger partial charge in [0.2, 0.25) is 0 Å². The van der Waals surface area contributed by atoms with Gasteiger partial charge in [0.15, 0.2) is 6.10 Å². The minimum atomic E-state index is -0.882. The number of thioether (sulfide) groups is 1. The highest BCUT2D eigenvalue weighted by atomic mass is 32.2. The molecule has 0 aliphatic rings. The SMILES string of the molecule is CCOC(=O)c1cc(O[C@@H](C)C(=O)Nc2ccccc2SC)cc(C(=O)OCC)c1. The van der Waals surface area contributed by atoms with Crippen molar-refractivity contribution in [3.05, 3.63) is 53.6 Å². The average molecular weight is 432 g/mol. The molecule has 0 radical (unpaired) electrons. The number of esters is 2. The molecule has 8 heteroatoms. The Morgan fingerprint density at radius 3 is 2.07 bits per heavy atom. The van der Waals surface area contributed by atoms with Crippen molar-refractivity contribution in [1.82, 2.24) is 0 Å². The summed E-state index contributed by atoms with van der Waals surface area (Å²) in [5.41, 5.74) is 0.952. The second-order valence-electron chi connectivity index (χ2n) is 6.14. The summed E-state index contributed by atoms with van der Waals surface area (Å²) in [6.45, 7) is 5.32. The molecule has 1 amide bonds. The summed E-state index contributed by atoms with van der Waals surface area (Å²) in [5, 5.41) is 2.83. The molecular formula is C22H25NO6S. The Morgan fingerprint density at radius 1 is 0.967 bits per heavy atom. The number of anilines is 1. The number of para-hydroxylation sites is 1. The number of hydrogen-bond acceptors (Lipinski definition) is 7. The summed E-state index contributed by atoms with van der Waals surface area (Å²) < 4.78 is 15.7. The molecule has 0 fully saturated rings. The Hall–Kier alpha value is -3.00. The minimum absolute atomic E-state index is 0.137. The summed E-state index contributed by atoms with van der Waals surface area (Å²) >= 11 is 1.51. The Morgan fingerprint density at radius 2 is 1.53 bits per heavy atom. The lowest BCUT2D eigenvalue weighted by Gasteiger charge is -2.17. The van der Waals surface area contributed by atoms with Crippen LogP contribution >= 0.6 is 11.8 Å². The third kappa shape index (κ3) is 6.25. The van der Waals surface area contributed by atoms with Gasteiger partial charge in [-0.2, -0.15) is 0 Å². The number of carbonyl (C=O) groups excluding carboxylic acids is 3. The van der Waals surface area contributed by atoms with Crippen molar-refractivity contribution in [2.75, 3.05) is 24.8 Å². The van der Waals surface area contributed by atoms with Gasteiger partial charge in [-0.3, -0.25) is 4.79 Å². The van der Waals surface area contributed by atoms with Gasteiger partial charge < -0.3 is 19.5 Å². The summed E-state index contributed by atoms with van der Waals surface area (Å²) in [6, 6.07) is 11.7. The van der Waals surface area contributed by atoms with Crippen LogP contribution in [0, 0.1) is 0 Å². The maximum absolute atomic E-state index is 12.6. The van der Waals surface area contributed by atoms with Crippen LogP contribution < -0.4 is 10.1 Å². The first-order chi connectivity index (χ1) is 14.4. The third-order valence-electron chi connectivity index (χ3n) is 3.98. The van der Waals surface area contributed by atoms with E-state index in [1.807, 2.05) is 24.5 Å². The van der Waals surface area contributed by atoms with Crippen LogP contribution in [0.25, 0.3) is 0 Å². The van der Waals surface area contributed by atoms with E-state index in [9.17, 15) is 14.4 Å². The number of nitrogens with one attached hydrogen (secondary N) is 1. The van der Waals surface area contributed by atoms with Gasteiger partial charge in [0, 0.05) is 4.90 Å². The predicted octanol–water partition coefficient (Wildman–Crippen LogP) is 4.17. The van der Waals surface area contributed by atoms with E-state index in [2.05, 4.69) is 5.32 Å². The van der Waals surface area contributed by atoms with Crippen molar-refractivity contribution in [3.8, 4) is 5.75 Å². The van der Waals surface area contributed by atoms with E-state index in [0.717, 1.165) is 4.90 Å². The first kappa shape index (κ1) is 23.3. The van der Waals surface area contributed by atoms with Crippen LogP contribution in [0.2, 0.25) is 0 Å². The van der Waals surface area contributed by atoms with Crippen molar-refractivity contribution < 1.29 is 28.6 Å². The lowest BCUT2D eigenvalue weighted by Crippen LogP contribution is -2.30. The number of amides is 1. The fourth-order valence-electron chi connectivity index (χ4n) is 2.57. The second kappa shape index (κ2) is 11.3. The average Bonchev–Trinajstić information content (AvgIpc) is 2.74. The molecule has 2 aromatic carbocycles. The number of benzene rings is 2. The fourth-order valence-corrected chi connectivity index (χ4v) is 3.13. The monoisotopic (exact) mass is 431 g/mol. The van der Waals surface area contributed by atoms with Crippen LogP contribution in [0.3, 0.4) is 0 Å². The molecule has 160 valence electrons. The third-order valence-corrected chi connectivity index (χ3v) is 4.77. The first-order valence-corrected chi connectivity index (χ1v) is 10.7. The van der Waals surface area contributed by atoms with Crippen molar-refractivity contribution in [2.45, 2.75) is 31.8 Å². The van der Waals surface area contributed by atoms with Gasteiger partial charge in [0.1, 0.15) is 5.75 Å². The molecule has 0 spiro atoms. The zero-order valence-electron chi connectivity index (χ0n) is 17.4. The van der Waals surface area contributed by atoms with Gasteiger partial charge in [0.25, 0.3) is 5.91 Å². The van der Waals surface area contributed by atoms with E-state index in [0.29, 0.717) is 5.69 Å². The molecule has 0 bridgehead atoms. The van der Waals surface area contributed by atoms with E-state index < -0.39 is 18.0 Å². The standard InChI is InChI=1S/C22H25NO6S/c1-5-27-21(25)15-11-16(22(26)28-6-2)13-17(12-15)29-14(3)20(24)23-18-9-7-8-10-19(18)30-4/h7-14H,5-6H2,1-4H3,(H,23,24)/t14-/m0/s1. The van der Waals surface area contributed by atoms with Gasteiger partial charge in [-0.05, 0) is 57.4 Å². The quantitative estimate of drug-likeness (QED) is 0.471. The first-order valence-electron chi connectivity index (χ1n) is 9.49. The summed E-state index contributed by atoms with van der Waals surface area (Å²) in [7, 11) is 0. The molecule has 30 heavy (non-hydrogen) atoms. The van der Waals surface area contributed by atoms with Crippen LogP contribution in [-0.4, -0.2) is 43.4 Å². The molecule has 0 aromatic heterocycles. The largest absolute Gasteiger partial charge is 0.481 e. The number of rotatable bonds is 9. The molecular weight excluding hydrogens is 406 g/mol. The number of carbonyl (C=O) groups is 3. The number of ether oxygens (including phenoxy) is 3. The molecule has 0 aliphatic heterocycles. The lowest BCUT2D eigenvalue weighted by molar-refractivity contribution is -0.122. The molecule has 2 aromatic rings. The Bertz CT molecular complexity index is 878. The van der Waals surface area contributed by atoms with Crippen molar-refractivity contribution in [1.29, 1.82) is 0 Å². The molecule has 1 atom stereocenters. The van der Waals surface area contributed by atoms with E-state index in [1.165, 1.54) is 30.0 Å². The van der Waals surface area contributed by atoms with Crippen molar-refractivity contribution in [2.24, 2.45) is 0 Å². The maximum Gasteiger partial charge on any atom is 0.338 e. The molecule has 0 heterocycles. The molecule has 0 aliphatic carbocycles. The normalized spacial score (nSPS) is 11.3. The minimum Gasteiger partial charge on any atom is -0.481 e. The maximum atomic E-state index is 12.6. The van der Waals surface area contributed by atoms with Crippen LogP contribution in [0.1, 0.15) is 41.5 Å². The van der Waals surface area contributed by atoms with Crippen molar-refractivity contribution >= 4 is 35.3 Å². The van der Waals surface area contributed by atoms with E-state index in [1.54, 1.807) is 26.8 Å². The van der Waals surface area contributed by atoms with E-state index in [4.69, 9.17) is 14.2 Å². The van der Waals surface area contributed by atoms with E-state index in [-0.39, 0.29) is 36.0 Å². The Balaban J connectivity index is 2.23. The zero-order valence-corrected chi connectivity index (χ0v) is 18.2. The molecule has 1 N–H and O–H groups in total. The summed E-state index contributed by atoms with van der Waals surface area (Å²) in [4.78, 5) is 37.8. The van der Waals surface area contributed by atoms with Gasteiger partial charge in [-0.25, -0.2) is 9.59 Å². The Labute approximate surface area is 180 Å². The smallest absolute Gasteiger partial charge is 0.338 e. The fraction of sp³-hybridized carbons (Fsp3) is 0.318. The topological polar surface area (TPSA) is 90.9 Å². The highest BCUT2D eigenvalue weighted by Crippen LogP contribution is 2.25. The van der Waals surface area contributed by atoms with Gasteiger partial charge in [-0.15, -0.1) is 11.8 Å². The van der Waals surface area contributed by atoms with Crippen molar-refractivity contribution in [3.63, 3.8) is 0 Å². The zero-order chi connectivity index (χ0) is 22.1. The highest BCUT2D eigenvalue weighted by molar-refractivity contribution is 7.98. The number of hydrogen-bond donors (Lipinski definition) is 1. The van der Waals surface area contributed by atoms with E-state index >= 15 is 0 Å². The van der Waals surface area contributed by atoms with Crippen LogP contribution in [-0.2, 0) is 14.3 Å². The molecule has 7 nitrogen and oxygen atoms in total. The van der Waals surface area contributed by atoms with Gasteiger partial charge in [0.05, 0.1) is 30.0 Å². The van der Waals surface area contributed by atoms with Crippen LogP contribution in [0.4, 0.5) is 5.69 Å².